The minimum absolute atomic E-state index is 0.0639. The Morgan fingerprint density at radius 1 is 0.611 bits per heavy atom. The Hall–Kier alpha value is -5.67. The summed E-state index contributed by atoms with van der Waals surface area (Å²) >= 11 is 0. The maximum Gasteiger partial charge on any atom is 0.371 e. The summed E-state index contributed by atoms with van der Waals surface area (Å²) in [5.74, 6) is 1.37. The summed E-state index contributed by atoms with van der Waals surface area (Å²) < 4.78 is 142. The quantitative estimate of drug-likeness (QED) is 0.0135. The van der Waals surface area contributed by atoms with E-state index in [9.17, 15) is 62.4 Å². The Labute approximate surface area is 560 Å². The first-order valence-electron chi connectivity index (χ1n) is 34.2. The highest BCUT2D eigenvalue weighted by molar-refractivity contribution is 7.91. The molecule has 0 aromatic heterocycles. The largest absolute Gasteiger partial charge is 0.490 e. The average Bonchev–Trinajstić information content (AvgIpc) is 1.73. The zero-order valence-electron chi connectivity index (χ0n) is 55.2. The van der Waals surface area contributed by atoms with Gasteiger partial charge >= 0.3 is 12.0 Å². The van der Waals surface area contributed by atoms with Gasteiger partial charge in [0, 0.05) is 24.4 Å². The number of halogens is 3. The van der Waals surface area contributed by atoms with Crippen molar-refractivity contribution >= 4 is 59.7 Å². The number of carbonyl (C=O) groups excluding carboxylic acids is 5. The third-order valence-corrected chi connectivity index (χ3v) is 22.7. The molecule has 0 radical (unpaired) electrons. The van der Waals surface area contributed by atoms with Crippen molar-refractivity contribution < 1.29 is 81.3 Å². The minimum Gasteiger partial charge on any atom is -0.490 e. The molecule has 3 aromatic carbocycles. The number of nitrogens with two attached hydrogens (primary N) is 1. The Bertz CT molecular complexity index is 3340. The number of sulfonamides is 1. The fourth-order valence-corrected chi connectivity index (χ4v) is 16.2. The smallest absolute Gasteiger partial charge is 0.371 e. The first-order chi connectivity index (χ1) is 45.4. The number of esters is 1. The second kappa shape index (κ2) is 37.9. The van der Waals surface area contributed by atoms with Gasteiger partial charge in [0.05, 0.1) is 61.7 Å². The van der Waals surface area contributed by atoms with E-state index < -0.39 is 47.3 Å². The highest BCUT2D eigenvalue weighted by Gasteiger charge is 2.39. The summed E-state index contributed by atoms with van der Waals surface area (Å²) in [7, 11) is -9.84. The molecule has 1 heterocycles. The van der Waals surface area contributed by atoms with Gasteiger partial charge in [-0.25, -0.2) is 52.7 Å². The number of carbonyl (C=O) groups is 5. The normalized spacial score (nSPS) is 17.9. The van der Waals surface area contributed by atoms with Crippen LogP contribution in [-0.2, 0) is 53.6 Å². The second-order valence-electron chi connectivity index (χ2n) is 26.7. The van der Waals surface area contributed by atoms with Crippen LogP contribution in [-0.4, -0.2) is 148 Å². The number of hydrogen-bond acceptors (Lipinski definition) is 17. The van der Waals surface area contributed by atoms with Gasteiger partial charge < -0.3 is 34.9 Å². The van der Waals surface area contributed by atoms with Gasteiger partial charge in [-0.15, -0.1) is 0 Å². The van der Waals surface area contributed by atoms with Gasteiger partial charge in [-0.3, -0.25) is 19.7 Å². The number of nitrogens with one attached hydrogen (secondary N) is 3. The zero-order chi connectivity index (χ0) is 68.5. The van der Waals surface area contributed by atoms with Crippen LogP contribution in [0.4, 0.5) is 18.0 Å². The number of nitrogens with zero attached hydrogens (tertiary/aromatic N) is 1. The van der Waals surface area contributed by atoms with Crippen LogP contribution in [0.5, 0.6) is 17.2 Å². The molecule has 5 N–H and O–H groups in total. The van der Waals surface area contributed by atoms with Crippen LogP contribution in [0.3, 0.4) is 0 Å². The molecule has 530 valence electrons. The SMILES string of the molecule is CC(=O)CNCCCCCS(=O)(=O)CC(c1ccc(F)c(OCC2CC2)c1)C1CC1.CCOC(=O)C=O.NCCCCCS(=O)(=O)NC(c1ccc(F)c(OCC2CC2)c1)C1CC1.O=C1CN(CCCCCS(=O)(=O)CC(c2ccc(F)c(OCC3CC3)c2)C2CC2)C(=O)N1. The van der Waals surface area contributed by atoms with E-state index >= 15 is 0 Å². The Balaban J connectivity index is 0.000000192. The molecular weight excluding hydrogens is 1290 g/mol. The number of ether oxygens (including phenoxy) is 4. The number of urea groups is 1. The molecular formula is C69H100F3N5O15S3. The maximum atomic E-state index is 14.2. The summed E-state index contributed by atoms with van der Waals surface area (Å²) in [6.45, 7) is 7.21. The summed E-state index contributed by atoms with van der Waals surface area (Å²) in [5, 5.41) is 5.28. The monoisotopic (exact) mass is 1390 g/mol. The molecule has 3 unspecified atom stereocenters. The molecule has 3 atom stereocenters. The fraction of sp³-hybridized carbons (Fsp3) is 0.667. The summed E-state index contributed by atoms with van der Waals surface area (Å²) in [6.07, 6.45) is 19.3. The van der Waals surface area contributed by atoms with Crippen molar-refractivity contribution in [3.8, 4) is 17.2 Å². The van der Waals surface area contributed by atoms with Crippen molar-refractivity contribution in [3.05, 3.63) is 88.7 Å². The standard InChI is InChI=1S/C23H31FN2O5S.C23H34FNO4S.C19H29FN2O3S.C4H6O3/c24-20-9-8-18(12-21(20)31-14-16-4-5-16)19(17-6-7-17)15-32(29,30)11-3-1-2-10-26-13-22(27)25-23(26)28;1-17(26)14-25-11-3-2-4-12-30(27,28)16-21(19-7-8-19)20-9-10-22(24)23(13-20)29-15-18-5-6-18;20-17-9-8-16(12-18(17)25-13-14-4-5-14)19(15-6-7-15)22-26(23,24)11-3-1-2-10-21;1-2-7-4(6)3-5/h8-9,12,16-17,19H,1-7,10-11,13-15H2,(H,25,27,28);9-10,13,18-19,21,25H,2-8,11-12,14-16H2,1H3;8-9,12,14-15,19,22H,1-7,10-11,13,21H2;3H,2H2,1H3. The summed E-state index contributed by atoms with van der Waals surface area (Å²) in [5.41, 5.74) is 7.95. The van der Waals surface area contributed by atoms with Crippen LogP contribution in [0, 0.1) is 53.0 Å². The second-order valence-corrected chi connectivity index (χ2v) is 33.0. The van der Waals surface area contributed by atoms with Crippen molar-refractivity contribution in [2.45, 2.75) is 167 Å². The molecule has 10 rings (SSSR count). The highest BCUT2D eigenvalue weighted by Crippen LogP contribution is 2.47. The van der Waals surface area contributed by atoms with Crippen molar-refractivity contribution in [1.82, 2.24) is 20.3 Å². The van der Waals surface area contributed by atoms with Gasteiger partial charge in [0.25, 0.3) is 0 Å². The molecule has 7 fully saturated rings. The molecule has 1 aliphatic heterocycles. The molecule has 7 aliphatic rings. The lowest BCUT2D eigenvalue weighted by molar-refractivity contribution is -0.148. The first kappa shape index (κ1) is 76.7. The third-order valence-electron chi connectivity index (χ3n) is 17.7. The number of aldehydes is 1. The van der Waals surface area contributed by atoms with Crippen molar-refractivity contribution in [2.75, 3.05) is 87.9 Å². The third kappa shape index (κ3) is 29.5. The Morgan fingerprint density at radius 2 is 1.05 bits per heavy atom. The van der Waals surface area contributed by atoms with Crippen molar-refractivity contribution in [3.63, 3.8) is 0 Å². The van der Waals surface area contributed by atoms with Gasteiger partial charge in [-0.2, -0.15) is 0 Å². The lowest BCUT2D eigenvalue weighted by Gasteiger charge is -2.20. The van der Waals surface area contributed by atoms with Crippen LogP contribution in [0.25, 0.3) is 0 Å². The Kier molecular flexibility index (Phi) is 30.6. The molecule has 20 nitrogen and oxygen atoms in total. The molecule has 26 heteroatoms. The van der Waals surface area contributed by atoms with E-state index in [1.165, 1.54) is 23.1 Å². The van der Waals surface area contributed by atoms with E-state index in [1.807, 2.05) is 0 Å². The number of Topliss-reactive ketones (excluding diaryl/α,β-unsaturated/α-hetero) is 1. The Morgan fingerprint density at radius 3 is 1.45 bits per heavy atom. The number of hydrogen-bond donors (Lipinski definition) is 4. The van der Waals surface area contributed by atoms with Crippen LogP contribution >= 0.6 is 0 Å². The molecule has 0 bridgehead atoms. The van der Waals surface area contributed by atoms with E-state index in [4.69, 9.17) is 19.9 Å². The number of benzene rings is 3. The van der Waals surface area contributed by atoms with Gasteiger partial charge in [0.15, 0.2) is 54.4 Å². The minimum atomic E-state index is -3.38. The van der Waals surface area contributed by atoms with E-state index in [2.05, 4.69) is 20.1 Å². The number of amides is 3. The predicted octanol–water partition coefficient (Wildman–Crippen LogP) is 9.98. The van der Waals surface area contributed by atoms with E-state index in [-0.39, 0.29) is 113 Å². The number of unbranched alkanes of at least 4 members (excludes halogenated alkanes) is 6. The molecule has 6 saturated carbocycles. The number of ketones is 1. The maximum absolute atomic E-state index is 14.2. The highest BCUT2D eigenvalue weighted by atomic mass is 32.2. The summed E-state index contributed by atoms with van der Waals surface area (Å²) in [4.78, 5) is 54.3. The van der Waals surface area contributed by atoms with E-state index in [1.54, 1.807) is 50.2 Å². The molecule has 6 aliphatic carbocycles. The number of imide groups is 1. The van der Waals surface area contributed by atoms with E-state index in [0.717, 1.165) is 126 Å². The fourth-order valence-electron chi connectivity index (χ4n) is 11.1. The zero-order valence-corrected chi connectivity index (χ0v) is 57.7. The van der Waals surface area contributed by atoms with Gasteiger partial charge in [-0.1, -0.05) is 37.5 Å². The van der Waals surface area contributed by atoms with Crippen LogP contribution in [0.2, 0.25) is 0 Å². The van der Waals surface area contributed by atoms with Crippen LogP contribution in [0.1, 0.15) is 183 Å². The average molecular weight is 1390 g/mol. The van der Waals surface area contributed by atoms with Gasteiger partial charge in [-0.05, 0) is 231 Å². The predicted molar refractivity (Wildman–Crippen MR) is 356 cm³/mol. The molecule has 0 spiro atoms. The number of rotatable bonds is 42. The number of sulfone groups is 2. The van der Waals surface area contributed by atoms with Crippen molar-refractivity contribution in [1.29, 1.82) is 0 Å². The lowest BCUT2D eigenvalue weighted by atomic mass is 9.96. The molecule has 3 aromatic rings. The van der Waals surface area contributed by atoms with Crippen LogP contribution < -0.4 is 35.3 Å². The van der Waals surface area contributed by atoms with Gasteiger partial charge in [0.2, 0.25) is 22.2 Å². The topological polar surface area (TPSA) is 290 Å². The van der Waals surface area contributed by atoms with E-state index in [0.29, 0.717) is 101 Å². The van der Waals surface area contributed by atoms with Gasteiger partial charge in [0.1, 0.15) is 12.3 Å². The van der Waals surface area contributed by atoms with Crippen LogP contribution in [0.15, 0.2) is 54.6 Å². The molecule has 1 saturated heterocycles. The lowest BCUT2D eigenvalue weighted by Crippen LogP contribution is -2.32. The van der Waals surface area contributed by atoms with Crippen molar-refractivity contribution in [2.24, 2.45) is 41.2 Å². The summed E-state index contributed by atoms with van der Waals surface area (Å²) in [6, 6.07) is 13.6. The molecule has 3 amide bonds. The molecule has 95 heavy (non-hydrogen) atoms. The first-order valence-corrected chi connectivity index (χ1v) is 39.5.